The number of nitrogens with zero attached hydrogens (tertiary/aromatic N) is 1. The van der Waals surface area contributed by atoms with Crippen LogP contribution in [0.3, 0.4) is 0 Å². The summed E-state index contributed by atoms with van der Waals surface area (Å²) >= 11 is 5.68. The number of carboxylic acid groups (broad SMARTS) is 1. The van der Waals surface area contributed by atoms with Crippen LogP contribution in [-0.2, 0) is 10.0 Å². The zero-order valence-electron chi connectivity index (χ0n) is 10.1. The molecule has 1 aromatic heterocycles. The topological polar surface area (TPSA) is 110 Å². The van der Waals surface area contributed by atoms with Crippen molar-refractivity contribution >= 4 is 33.4 Å². The molecule has 0 amide bonds. The quantitative estimate of drug-likeness (QED) is 0.894. The molecule has 0 saturated carbocycles. The number of carboxylic acids is 1. The molecule has 0 bridgehead atoms. The first-order chi connectivity index (χ1) is 9.29. The number of nitrogens with one attached hydrogen (secondary N) is 1. The maximum atomic E-state index is 12.1. The van der Waals surface area contributed by atoms with E-state index in [0.29, 0.717) is 5.76 Å². The third-order valence-electron chi connectivity index (χ3n) is 2.35. The van der Waals surface area contributed by atoms with Gasteiger partial charge in [-0.25, -0.2) is 13.2 Å². The number of anilines is 1. The van der Waals surface area contributed by atoms with Gasteiger partial charge in [-0.2, -0.15) is 0 Å². The van der Waals surface area contributed by atoms with Crippen molar-refractivity contribution < 1.29 is 22.8 Å². The SMILES string of the molecule is Cc1cc(NS(=O)(=O)c2ccc(Cl)c(C(=O)O)c2)no1. The van der Waals surface area contributed by atoms with Crippen LogP contribution in [0, 0.1) is 6.92 Å². The highest BCUT2D eigenvalue weighted by molar-refractivity contribution is 7.92. The highest BCUT2D eigenvalue weighted by Crippen LogP contribution is 2.22. The number of hydrogen-bond donors (Lipinski definition) is 2. The Hall–Kier alpha value is -2.06. The Bertz CT molecular complexity index is 769. The van der Waals surface area contributed by atoms with Crippen molar-refractivity contribution in [1.82, 2.24) is 5.16 Å². The lowest BCUT2D eigenvalue weighted by Crippen LogP contribution is -2.14. The first kappa shape index (κ1) is 14.4. The molecule has 2 aromatic rings. The van der Waals surface area contributed by atoms with Crippen molar-refractivity contribution in [3.8, 4) is 0 Å². The normalized spacial score (nSPS) is 11.3. The lowest BCUT2D eigenvalue weighted by atomic mass is 10.2. The molecule has 0 aliphatic carbocycles. The van der Waals surface area contributed by atoms with Gasteiger partial charge in [0, 0.05) is 6.07 Å². The second kappa shape index (κ2) is 5.14. The Morgan fingerprint density at radius 1 is 1.40 bits per heavy atom. The average Bonchev–Trinajstić information content (AvgIpc) is 2.73. The fourth-order valence-electron chi connectivity index (χ4n) is 1.45. The molecule has 0 aliphatic rings. The molecule has 1 heterocycles. The summed E-state index contributed by atoms with van der Waals surface area (Å²) in [5.41, 5.74) is -0.300. The number of carbonyl (C=O) groups is 1. The smallest absolute Gasteiger partial charge is 0.337 e. The van der Waals surface area contributed by atoms with Crippen LogP contribution in [-0.4, -0.2) is 24.7 Å². The van der Waals surface area contributed by atoms with Crippen LogP contribution in [0.5, 0.6) is 0 Å². The van der Waals surface area contributed by atoms with Gasteiger partial charge >= 0.3 is 5.97 Å². The summed E-state index contributed by atoms with van der Waals surface area (Å²) in [6, 6.07) is 4.77. The van der Waals surface area contributed by atoms with E-state index in [4.69, 9.17) is 21.2 Å². The van der Waals surface area contributed by atoms with E-state index in [2.05, 4.69) is 9.88 Å². The van der Waals surface area contributed by atoms with E-state index < -0.39 is 16.0 Å². The third-order valence-corrected chi connectivity index (χ3v) is 4.03. The van der Waals surface area contributed by atoms with Crippen LogP contribution in [0.4, 0.5) is 5.82 Å². The highest BCUT2D eigenvalue weighted by atomic mass is 35.5. The van der Waals surface area contributed by atoms with Gasteiger partial charge in [0.2, 0.25) is 0 Å². The molecule has 0 aliphatic heterocycles. The van der Waals surface area contributed by atoms with Gasteiger partial charge in [0.05, 0.1) is 15.5 Å². The van der Waals surface area contributed by atoms with Crippen molar-refractivity contribution in [1.29, 1.82) is 0 Å². The first-order valence-corrected chi connectivity index (χ1v) is 7.15. The number of rotatable bonds is 4. The summed E-state index contributed by atoms with van der Waals surface area (Å²) in [7, 11) is -3.97. The predicted molar refractivity (Wildman–Crippen MR) is 70.5 cm³/mol. The van der Waals surface area contributed by atoms with Crippen molar-refractivity contribution in [3.05, 3.63) is 40.6 Å². The minimum absolute atomic E-state index is 0.00863. The van der Waals surface area contributed by atoms with Gasteiger partial charge in [-0.15, -0.1) is 0 Å². The molecule has 7 nitrogen and oxygen atoms in total. The zero-order chi connectivity index (χ0) is 14.9. The number of aryl methyl sites for hydroxylation is 1. The Labute approximate surface area is 119 Å². The standard InChI is InChI=1S/C11H9ClN2O5S/c1-6-4-10(13-19-6)14-20(17,18)7-2-3-9(12)8(5-7)11(15)16/h2-5H,1H3,(H,13,14)(H,15,16). The van der Waals surface area contributed by atoms with Gasteiger partial charge in [-0.05, 0) is 25.1 Å². The van der Waals surface area contributed by atoms with Gasteiger partial charge in [0.15, 0.2) is 5.82 Å². The molecule has 2 rings (SSSR count). The second-order valence-corrected chi connectivity index (χ2v) is 5.96. The highest BCUT2D eigenvalue weighted by Gasteiger charge is 2.19. The summed E-state index contributed by atoms with van der Waals surface area (Å²) in [6.45, 7) is 1.61. The largest absolute Gasteiger partial charge is 0.478 e. The molecule has 0 radical (unpaired) electrons. The lowest BCUT2D eigenvalue weighted by molar-refractivity contribution is 0.0697. The van der Waals surface area contributed by atoms with E-state index in [1.165, 1.54) is 18.2 Å². The van der Waals surface area contributed by atoms with Crippen LogP contribution < -0.4 is 4.72 Å². The number of hydrogen-bond acceptors (Lipinski definition) is 5. The van der Waals surface area contributed by atoms with E-state index in [-0.39, 0.29) is 21.3 Å². The Morgan fingerprint density at radius 2 is 2.10 bits per heavy atom. The number of sulfonamides is 1. The molecular weight excluding hydrogens is 308 g/mol. The van der Waals surface area contributed by atoms with Crippen LogP contribution in [0.25, 0.3) is 0 Å². The maximum Gasteiger partial charge on any atom is 0.337 e. The molecule has 1 aromatic carbocycles. The fourth-order valence-corrected chi connectivity index (χ4v) is 2.65. The summed E-state index contributed by atoms with van der Waals surface area (Å²) in [5, 5.41) is 12.4. The third kappa shape index (κ3) is 2.91. The summed E-state index contributed by atoms with van der Waals surface area (Å²) in [5.74, 6) is -0.872. The lowest BCUT2D eigenvalue weighted by Gasteiger charge is -2.06. The average molecular weight is 317 g/mol. The summed E-state index contributed by atoms with van der Waals surface area (Å²) in [6.07, 6.45) is 0. The molecular formula is C11H9ClN2O5S. The molecule has 0 spiro atoms. The van der Waals surface area contributed by atoms with E-state index in [9.17, 15) is 13.2 Å². The van der Waals surface area contributed by atoms with Gasteiger partial charge < -0.3 is 9.63 Å². The second-order valence-electron chi connectivity index (χ2n) is 3.88. The number of benzene rings is 1. The fraction of sp³-hybridized carbons (Fsp3) is 0.0909. The molecule has 0 unspecified atom stereocenters. The van der Waals surface area contributed by atoms with Crippen LogP contribution in [0.1, 0.15) is 16.1 Å². The van der Waals surface area contributed by atoms with E-state index in [1.54, 1.807) is 6.92 Å². The van der Waals surface area contributed by atoms with Gasteiger partial charge in [-0.3, -0.25) is 4.72 Å². The van der Waals surface area contributed by atoms with Gasteiger partial charge in [-0.1, -0.05) is 16.8 Å². The summed E-state index contributed by atoms with van der Waals surface area (Å²) < 4.78 is 31.0. The number of aromatic carboxylic acids is 1. The predicted octanol–water partition coefficient (Wildman–Crippen LogP) is 2.14. The van der Waals surface area contributed by atoms with Crippen LogP contribution >= 0.6 is 11.6 Å². The molecule has 0 fully saturated rings. The van der Waals surface area contributed by atoms with Crippen molar-refractivity contribution in [2.75, 3.05) is 4.72 Å². The van der Waals surface area contributed by atoms with Gasteiger partial charge in [0.1, 0.15) is 5.76 Å². The number of aromatic nitrogens is 1. The number of halogens is 1. The molecule has 0 atom stereocenters. The molecule has 9 heteroatoms. The van der Waals surface area contributed by atoms with E-state index in [1.807, 2.05) is 0 Å². The molecule has 0 saturated heterocycles. The molecule has 20 heavy (non-hydrogen) atoms. The minimum atomic E-state index is -3.97. The van der Waals surface area contributed by atoms with Gasteiger partial charge in [0.25, 0.3) is 10.0 Å². The van der Waals surface area contributed by atoms with Crippen LogP contribution in [0.15, 0.2) is 33.7 Å². The van der Waals surface area contributed by atoms with Crippen molar-refractivity contribution in [2.24, 2.45) is 0 Å². The van der Waals surface area contributed by atoms with E-state index >= 15 is 0 Å². The Morgan fingerprint density at radius 3 is 2.65 bits per heavy atom. The maximum absolute atomic E-state index is 12.1. The first-order valence-electron chi connectivity index (χ1n) is 5.28. The van der Waals surface area contributed by atoms with Crippen molar-refractivity contribution in [3.63, 3.8) is 0 Å². The molecule has 2 N–H and O–H groups in total. The summed E-state index contributed by atoms with van der Waals surface area (Å²) in [4.78, 5) is 10.7. The van der Waals surface area contributed by atoms with Crippen molar-refractivity contribution in [2.45, 2.75) is 11.8 Å². The Kier molecular flexibility index (Phi) is 3.69. The minimum Gasteiger partial charge on any atom is -0.478 e. The van der Waals surface area contributed by atoms with Crippen LogP contribution in [0.2, 0.25) is 5.02 Å². The molecule has 106 valence electrons. The van der Waals surface area contributed by atoms with E-state index in [0.717, 1.165) is 6.07 Å². The zero-order valence-corrected chi connectivity index (χ0v) is 11.7. The Balaban J connectivity index is 2.39. The monoisotopic (exact) mass is 316 g/mol.